The molecule has 1 fully saturated rings. The van der Waals surface area contributed by atoms with E-state index in [1.807, 2.05) is 50.1 Å². The van der Waals surface area contributed by atoms with Crippen LogP contribution >= 0.6 is 0 Å². The van der Waals surface area contributed by atoms with E-state index >= 15 is 0 Å². The number of fused-ring (bicyclic) bond motifs is 1. The smallest absolute Gasteiger partial charge is 0.260 e. The summed E-state index contributed by atoms with van der Waals surface area (Å²) >= 11 is 0. The van der Waals surface area contributed by atoms with E-state index in [9.17, 15) is 14.4 Å². The number of allylic oxidation sites excluding steroid dienone is 3. The van der Waals surface area contributed by atoms with Gasteiger partial charge in [-0.25, -0.2) is 4.99 Å². The van der Waals surface area contributed by atoms with Crippen LogP contribution in [0.3, 0.4) is 0 Å². The van der Waals surface area contributed by atoms with Gasteiger partial charge in [0.15, 0.2) is 5.78 Å². The van der Waals surface area contributed by atoms with Gasteiger partial charge in [-0.2, -0.15) is 10.1 Å². The summed E-state index contributed by atoms with van der Waals surface area (Å²) in [5.74, 6) is 0.0765. The van der Waals surface area contributed by atoms with Gasteiger partial charge in [-0.3, -0.25) is 19.1 Å². The summed E-state index contributed by atoms with van der Waals surface area (Å²) in [6.07, 6.45) is 13.0. The molecule has 1 aliphatic carbocycles. The average molecular weight is 450 g/mol. The van der Waals surface area contributed by atoms with Crippen LogP contribution in [-0.2, 0) is 9.59 Å². The lowest BCUT2D eigenvalue weighted by atomic mass is 9.89. The van der Waals surface area contributed by atoms with E-state index in [1.165, 1.54) is 0 Å². The molecule has 1 aromatic heterocycles. The topological polar surface area (TPSA) is 97.0 Å². The molecular formula is C25H31N5O3. The number of carbonyl (C=O) groups excluding carboxylic acids is 3. The van der Waals surface area contributed by atoms with Crippen LogP contribution in [0, 0.1) is 17.8 Å². The maximum Gasteiger partial charge on any atom is 0.260 e. The molecule has 1 saturated heterocycles. The highest BCUT2D eigenvalue weighted by Gasteiger charge is 2.30. The summed E-state index contributed by atoms with van der Waals surface area (Å²) in [4.78, 5) is 48.4. The summed E-state index contributed by atoms with van der Waals surface area (Å²) in [5, 5.41) is 4.27. The van der Waals surface area contributed by atoms with Crippen LogP contribution < -0.4 is 0 Å². The number of hydrogen-bond acceptors (Lipinski definition) is 5. The molecule has 1 aromatic rings. The number of ketones is 1. The number of amidine groups is 1. The maximum atomic E-state index is 12.8. The Morgan fingerprint density at radius 3 is 2.58 bits per heavy atom. The monoisotopic (exact) mass is 449 g/mol. The molecule has 8 nitrogen and oxygen atoms in total. The molecule has 174 valence electrons. The minimum absolute atomic E-state index is 0.0225. The number of piperidine rings is 1. The highest BCUT2D eigenvalue weighted by Crippen LogP contribution is 2.24. The van der Waals surface area contributed by atoms with E-state index in [0.29, 0.717) is 50.2 Å². The van der Waals surface area contributed by atoms with Crippen molar-refractivity contribution in [1.29, 1.82) is 0 Å². The van der Waals surface area contributed by atoms with Gasteiger partial charge >= 0.3 is 0 Å². The Labute approximate surface area is 194 Å². The van der Waals surface area contributed by atoms with E-state index in [4.69, 9.17) is 0 Å². The normalized spacial score (nSPS) is 21.6. The van der Waals surface area contributed by atoms with Crippen molar-refractivity contribution < 1.29 is 14.4 Å². The second-order valence-electron chi connectivity index (χ2n) is 9.46. The standard InChI is InChI=1S/C25H31N5O3/c1-16(2)30-15-19(14-26-30)24(32)18-8-10-29(11-9-18)23(31)13-17(3)12-22-27-21-7-5-4-6-20(21)25(33)28-22/h4-7,14-18,20H,8-13H2,1-3H3/t17-,20?/m0/s1. The van der Waals surface area contributed by atoms with Crippen LogP contribution in [0.5, 0.6) is 0 Å². The number of nitrogens with zero attached hydrogens (tertiary/aromatic N) is 5. The van der Waals surface area contributed by atoms with Gasteiger partial charge in [0.05, 0.1) is 17.5 Å². The summed E-state index contributed by atoms with van der Waals surface area (Å²) in [6.45, 7) is 7.20. The Kier molecular flexibility index (Phi) is 6.81. The molecule has 0 saturated carbocycles. The SMILES string of the molecule is CC(C)n1cc(C(=O)C2CCN(C(=O)C[C@@H](C)CC3=NC(=O)C4C=CC=CC4=N3)CC2)cn1. The van der Waals surface area contributed by atoms with Crippen LogP contribution in [-0.4, -0.2) is 56.9 Å². The van der Waals surface area contributed by atoms with E-state index in [2.05, 4.69) is 15.1 Å². The largest absolute Gasteiger partial charge is 0.343 e. The second kappa shape index (κ2) is 9.77. The van der Waals surface area contributed by atoms with Crippen molar-refractivity contribution >= 4 is 29.1 Å². The van der Waals surface area contributed by atoms with Gasteiger partial charge in [0.1, 0.15) is 11.8 Å². The molecule has 0 spiro atoms. The number of carbonyl (C=O) groups is 3. The zero-order valence-electron chi connectivity index (χ0n) is 19.5. The number of rotatable bonds is 7. The predicted molar refractivity (Wildman–Crippen MR) is 126 cm³/mol. The third-order valence-corrected chi connectivity index (χ3v) is 6.45. The molecule has 2 amide bonds. The molecule has 2 aliphatic heterocycles. The molecule has 2 atom stereocenters. The minimum Gasteiger partial charge on any atom is -0.343 e. The van der Waals surface area contributed by atoms with Gasteiger partial charge in [0, 0.05) is 44.1 Å². The molecule has 1 unspecified atom stereocenters. The second-order valence-corrected chi connectivity index (χ2v) is 9.46. The lowest BCUT2D eigenvalue weighted by molar-refractivity contribution is -0.133. The van der Waals surface area contributed by atoms with Gasteiger partial charge in [-0.05, 0) is 38.7 Å². The Hall–Kier alpha value is -3.16. The van der Waals surface area contributed by atoms with Crippen molar-refractivity contribution in [3.63, 3.8) is 0 Å². The molecule has 0 radical (unpaired) electrons. The quantitative estimate of drug-likeness (QED) is 0.596. The predicted octanol–water partition coefficient (Wildman–Crippen LogP) is 3.42. The molecule has 8 heteroatoms. The van der Waals surface area contributed by atoms with Crippen molar-refractivity contribution in [2.75, 3.05) is 13.1 Å². The van der Waals surface area contributed by atoms with E-state index < -0.39 is 0 Å². The molecule has 4 rings (SSSR count). The molecule has 3 aliphatic rings. The summed E-state index contributed by atoms with van der Waals surface area (Å²) in [7, 11) is 0. The van der Waals surface area contributed by atoms with Gasteiger partial charge < -0.3 is 4.90 Å². The Morgan fingerprint density at radius 1 is 1.12 bits per heavy atom. The highest BCUT2D eigenvalue weighted by atomic mass is 16.2. The highest BCUT2D eigenvalue weighted by molar-refractivity contribution is 6.21. The van der Waals surface area contributed by atoms with Crippen molar-refractivity contribution in [1.82, 2.24) is 14.7 Å². The van der Waals surface area contributed by atoms with E-state index in [-0.39, 0.29) is 41.4 Å². The van der Waals surface area contributed by atoms with Gasteiger partial charge in [0.2, 0.25) is 5.91 Å². The lowest BCUT2D eigenvalue weighted by Gasteiger charge is -2.32. The molecule has 33 heavy (non-hydrogen) atoms. The fourth-order valence-electron chi connectivity index (χ4n) is 4.49. The lowest BCUT2D eigenvalue weighted by Crippen LogP contribution is -2.40. The molecule has 0 aromatic carbocycles. The van der Waals surface area contributed by atoms with Crippen molar-refractivity contribution in [3.05, 3.63) is 42.3 Å². The molecule has 3 heterocycles. The van der Waals surface area contributed by atoms with Crippen LogP contribution in [0.4, 0.5) is 0 Å². The molecular weight excluding hydrogens is 418 g/mol. The van der Waals surface area contributed by atoms with E-state index in [1.54, 1.807) is 17.0 Å². The fraction of sp³-hybridized carbons (Fsp3) is 0.520. The number of aliphatic imine (C=N–C) groups is 2. The van der Waals surface area contributed by atoms with Crippen molar-refractivity contribution in [3.8, 4) is 0 Å². The first kappa shape index (κ1) is 23.0. The van der Waals surface area contributed by atoms with Crippen LogP contribution in [0.1, 0.15) is 62.9 Å². The fourth-order valence-corrected chi connectivity index (χ4v) is 4.49. The van der Waals surface area contributed by atoms with E-state index in [0.717, 1.165) is 5.71 Å². The molecule has 0 bridgehead atoms. The number of amides is 2. The number of likely N-dealkylation sites (tertiary alicyclic amines) is 1. The third-order valence-electron chi connectivity index (χ3n) is 6.45. The first-order valence-corrected chi connectivity index (χ1v) is 11.7. The van der Waals surface area contributed by atoms with Crippen LogP contribution in [0.2, 0.25) is 0 Å². The zero-order chi connectivity index (χ0) is 23.5. The zero-order valence-corrected chi connectivity index (χ0v) is 19.5. The minimum atomic E-state index is -0.376. The number of Topliss-reactive ketones (excluding diaryl/α,β-unsaturated/α-hetero) is 1. The maximum absolute atomic E-state index is 12.8. The Bertz CT molecular complexity index is 1050. The number of aromatic nitrogens is 2. The van der Waals surface area contributed by atoms with Gasteiger partial charge in [-0.1, -0.05) is 25.2 Å². The average Bonchev–Trinajstić information content (AvgIpc) is 3.29. The van der Waals surface area contributed by atoms with Crippen molar-refractivity contribution in [2.24, 2.45) is 27.7 Å². The molecule has 0 N–H and O–H groups in total. The Morgan fingerprint density at radius 2 is 1.88 bits per heavy atom. The first-order valence-electron chi connectivity index (χ1n) is 11.7. The summed E-state index contributed by atoms with van der Waals surface area (Å²) in [5.41, 5.74) is 1.37. The van der Waals surface area contributed by atoms with Gasteiger partial charge in [0.25, 0.3) is 5.91 Å². The first-order chi connectivity index (χ1) is 15.8. The Balaban J connectivity index is 1.26. The van der Waals surface area contributed by atoms with Gasteiger partial charge in [-0.15, -0.1) is 0 Å². The summed E-state index contributed by atoms with van der Waals surface area (Å²) < 4.78 is 1.80. The van der Waals surface area contributed by atoms with Crippen LogP contribution in [0.15, 0.2) is 46.7 Å². The van der Waals surface area contributed by atoms with Crippen LogP contribution in [0.25, 0.3) is 0 Å². The number of hydrogen-bond donors (Lipinski definition) is 0. The third kappa shape index (κ3) is 5.26. The van der Waals surface area contributed by atoms with Crippen molar-refractivity contribution in [2.45, 2.75) is 52.5 Å². The summed E-state index contributed by atoms with van der Waals surface area (Å²) in [6, 6.07) is 0.217.